The minimum atomic E-state index is -3.23. The van der Waals surface area contributed by atoms with Crippen molar-refractivity contribution in [3.05, 3.63) is 0 Å². The summed E-state index contributed by atoms with van der Waals surface area (Å²) in [6.45, 7) is 0.513. The summed E-state index contributed by atoms with van der Waals surface area (Å²) in [7, 11) is -3.23. The van der Waals surface area contributed by atoms with Gasteiger partial charge in [0, 0.05) is 11.9 Å². The fraction of sp³-hybridized carbons (Fsp3) is 0.917. The van der Waals surface area contributed by atoms with E-state index in [9.17, 15) is 13.2 Å². The SMILES string of the molecule is O=C(NCC1CCCC1Cl)C1CCCCS1(=O)=O. The Morgan fingerprint density at radius 1 is 1.17 bits per heavy atom. The third kappa shape index (κ3) is 3.18. The molecule has 3 atom stereocenters. The van der Waals surface area contributed by atoms with E-state index in [2.05, 4.69) is 5.32 Å². The summed E-state index contributed by atoms with van der Waals surface area (Å²) in [4.78, 5) is 11.9. The summed E-state index contributed by atoms with van der Waals surface area (Å²) in [6, 6.07) is 0. The number of hydrogen-bond acceptors (Lipinski definition) is 3. The van der Waals surface area contributed by atoms with E-state index >= 15 is 0 Å². The van der Waals surface area contributed by atoms with E-state index in [1.165, 1.54) is 0 Å². The third-order valence-corrected chi connectivity index (χ3v) is 6.72. The van der Waals surface area contributed by atoms with Gasteiger partial charge >= 0.3 is 0 Å². The van der Waals surface area contributed by atoms with Gasteiger partial charge in [0.2, 0.25) is 5.91 Å². The van der Waals surface area contributed by atoms with E-state index in [0.717, 1.165) is 25.7 Å². The number of sulfone groups is 1. The van der Waals surface area contributed by atoms with Gasteiger partial charge in [0.1, 0.15) is 5.25 Å². The van der Waals surface area contributed by atoms with Crippen LogP contribution in [0.25, 0.3) is 0 Å². The van der Waals surface area contributed by atoms with Gasteiger partial charge in [-0.2, -0.15) is 0 Å². The summed E-state index contributed by atoms with van der Waals surface area (Å²) in [5.41, 5.74) is 0. The summed E-state index contributed by atoms with van der Waals surface area (Å²) in [5.74, 6) is 0.111. The molecule has 4 nitrogen and oxygen atoms in total. The second-order valence-corrected chi connectivity index (χ2v) is 8.17. The van der Waals surface area contributed by atoms with Crippen LogP contribution in [-0.4, -0.2) is 37.2 Å². The number of rotatable bonds is 3. The molecule has 0 aromatic heterocycles. The Kier molecular flexibility index (Phi) is 4.54. The molecule has 0 spiro atoms. The molecule has 2 aliphatic rings. The van der Waals surface area contributed by atoms with E-state index in [1.54, 1.807) is 0 Å². The van der Waals surface area contributed by atoms with E-state index in [0.29, 0.717) is 25.3 Å². The molecule has 1 saturated heterocycles. The molecule has 6 heteroatoms. The number of alkyl halides is 1. The molecule has 18 heavy (non-hydrogen) atoms. The van der Waals surface area contributed by atoms with Gasteiger partial charge in [-0.1, -0.05) is 12.8 Å². The second-order valence-electron chi connectivity index (χ2n) is 5.30. The zero-order chi connectivity index (χ0) is 13.2. The van der Waals surface area contributed by atoms with Crippen LogP contribution in [0.4, 0.5) is 0 Å². The van der Waals surface area contributed by atoms with Crippen LogP contribution in [0.2, 0.25) is 0 Å². The van der Waals surface area contributed by atoms with Gasteiger partial charge in [-0.25, -0.2) is 8.42 Å². The van der Waals surface area contributed by atoms with Crippen molar-refractivity contribution in [2.24, 2.45) is 5.92 Å². The van der Waals surface area contributed by atoms with Crippen LogP contribution in [0.3, 0.4) is 0 Å². The van der Waals surface area contributed by atoms with Crippen molar-refractivity contribution < 1.29 is 13.2 Å². The molecule has 0 radical (unpaired) electrons. The first-order valence-corrected chi connectivity index (χ1v) is 8.79. The van der Waals surface area contributed by atoms with Crippen molar-refractivity contribution in [2.45, 2.75) is 49.2 Å². The molecule has 1 N–H and O–H groups in total. The topological polar surface area (TPSA) is 63.2 Å². The first kappa shape index (κ1) is 14.1. The average molecular weight is 294 g/mol. The molecule has 1 amide bonds. The van der Waals surface area contributed by atoms with Gasteiger partial charge in [0.25, 0.3) is 0 Å². The number of nitrogens with one attached hydrogen (secondary N) is 1. The number of carbonyl (C=O) groups is 1. The molecule has 1 aliphatic heterocycles. The van der Waals surface area contributed by atoms with E-state index < -0.39 is 15.1 Å². The molecule has 0 aromatic carbocycles. The van der Waals surface area contributed by atoms with E-state index in [1.807, 2.05) is 0 Å². The highest BCUT2D eigenvalue weighted by molar-refractivity contribution is 7.92. The second kappa shape index (κ2) is 5.78. The monoisotopic (exact) mass is 293 g/mol. The molecule has 0 aromatic rings. The Balaban J connectivity index is 1.87. The molecule has 2 fully saturated rings. The van der Waals surface area contributed by atoms with Crippen LogP contribution in [0.5, 0.6) is 0 Å². The van der Waals surface area contributed by atoms with Gasteiger partial charge in [0.15, 0.2) is 9.84 Å². The normalized spacial score (nSPS) is 35.3. The summed E-state index contributed by atoms with van der Waals surface area (Å²) in [6.07, 6.45) is 5.06. The molecule has 1 saturated carbocycles. The van der Waals surface area contributed by atoms with Crippen molar-refractivity contribution in [1.29, 1.82) is 0 Å². The molecule has 1 heterocycles. The Hall–Kier alpha value is -0.290. The fourth-order valence-electron chi connectivity index (χ4n) is 2.82. The quantitative estimate of drug-likeness (QED) is 0.802. The Bertz CT molecular complexity index is 410. The maximum atomic E-state index is 11.9. The van der Waals surface area contributed by atoms with Gasteiger partial charge in [-0.15, -0.1) is 11.6 Å². The van der Waals surface area contributed by atoms with Crippen molar-refractivity contribution >= 4 is 27.3 Å². The lowest BCUT2D eigenvalue weighted by atomic mass is 10.1. The molecular weight excluding hydrogens is 274 g/mol. The van der Waals surface area contributed by atoms with Gasteiger partial charge < -0.3 is 5.32 Å². The lowest BCUT2D eigenvalue weighted by Crippen LogP contribution is -2.44. The standard InChI is InChI=1S/C12H20ClNO3S/c13-10-5-3-4-9(10)8-14-12(15)11-6-1-2-7-18(11,16)17/h9-11H,1-8H2,(H,14,15). The van der Waals surface area contributed by atoms with Gasteiger partial charge in [-0.3, -0.25) is 4.79 Å². The van der Waals surface area contributed by atoms with Crippen molar-refractivity contribution in [2.75, 3.05) is 12.3 Å². The van der Waals surface area contributed by atoms with Crippen LogP contribution in [0.15, 0.2) is 0 Å². The Morgan fingerprint density at radius 2 is 1.94 bits per heavy atom. The summed E-state index contributed by atoms with van der Waals surface area (Å²) in [5, 5.41) is 2.06. The molecule has 3 unspecified atom stereocenters. The van der Waals surface area contributed by atoms with Crippen LogP contribution in [-0.2, 0) is 14.6 Å². The summed E-state index contributed by atoms with van der Waals surface area (Å²) < 4.78 is 23.6. The first-order valence-electron chi connectivity index (χ1n) is 6.64. The molecule has 2 rings (SSSR count). The average Bonchev–Trinajstić information content (AvgIpc) is 2.71. The highest BCUT2D eigenvalue weighted by Gasteiger charge is 2.35. The van der Waals surface area contributed by atoms with Crippen LogP contribution in [0.1, 0.15) is 38.5 Å². The maximum absolute atomic E-state index is 11.9. The molecule has 0 bridgehead atoms. The van der Waals surface area contributed by atoms with Crippen molar-refractivity contribution in [3.8, 4) is 0 Å². The van der Waals surface area contributed by atoms with Crippen LogP contribution in [0, 0.1) is 5.92 Å². The minimum absolute atomic E-state index is 0.119. The van der Waals surface area contributed by atoms with Gasteiger partial charge in [-0.05, 0) is 31.6 Å². The lowest BCUT2D eigenvalue weighted by molar-refractivity contribution is -0.121. The fourth-order valence-corrected chi connectivity index (χ4v) is 5.01. The van der Waals surface area contributed by atoms with Crippen molar-refractivity contribution in [3.63, 3.8) is 0 Å². The lowest BCUT2D eigenvalue weighted by Gasteiger charge is -2.22. The largest absolute Gasteiger partial charge is 0.355 e. The smallest absolute Gasteiger partial charge is 0.238 e. The number of hydrogen-bond donors (Lipinski definition) is 1. The number of carbonyl (C=O) groups excluding carboxylic acids is 1. The molecule has 1 aliphatic carbocycles. The summed E-state index contributed by atoms with van der Waals surface area (Å²) >= 11 is 6.13. The third-order valence-electron chi connectivity index (χ3n) is 3.98. The first-order chi connectivity index (χ1) is 8.50. The minimum Gasteiger partial charge on any atom is -0.355 e. The zero-order valence-corrected chi connectivity index (χ0v) is 12.0. The maximum Gasteiger partial charge on any atom is 0.238 e. The van der Waals surface area contributed by atoms with E-state index in [4.69, 9.17) is 11.6 Å². The highest BCUT2D eigenvalue weighted by Crippen LogP contribution is 2.29. The molecule has 104 valence electrons. The predicted molar refractivity (Wildman–Crippen MR) is 71.4 cm³/mol. The molecular formula is C12H20ClNO3S. The van der Waals surface area contributed by atoms with Gasteiger partial charge in [0.05, 0.1) is 5.75 Å². The Labute approximate surface area is 113 Å². The number of amides is 1. The van der Waals surface area contributed by atoms with E-state index in [-0.39, 0.29) is 17.0 Å². The highest BCUT2D eigenvalue weighted by atomic mass is 35.5. The van der Waals surface area contributed by atoms with Crippen molar-refractivity contribution in [1.82, 2.24) is 5.32 Å². The van der Waals surface area contributed by atoms with Crippen LogP contribution >= 0.6 is 11.6 Å². The number of halogens is 1. The van der Waals surface area contributed by atoms with Crippen LogP contribution < -0.4 is 5.32 Å². The Morgan fingerprint density at radius 3 is 2.56 bits per heavy atom. The predicted octanol–water partition coefficient (Wildman–Crippen LogP) is 1.48. The zero-order valence-electron chi connectivity index (χ0n) is 10.4.